The average Bonchev–Trinajstić information content (AvgIpc) is 2.71. The zero-order chi connectivity index (χ0) is 19.2. The number of hydrogen-bond acceptors (Lipinski definition) is 4. The van der Waals surface area contributed by atoms with Gasteiger partial charge in [0.25, 0.3) is 5.56 Å². The van der Waals surface area contributed by atoms with E-state index in [-0.39, 0.29) is 5.56 Å². The van der Waals surface area contributed by atoms with Crippen LogP contribution in [0.3, 0.4) is 0 Å². The van der Waals surface area contributed by atoms with Gasteiger partial charge in [-0.15, -0.1) is 0 Å². The van der Waals surface area contributed by atoms with Crippen molar-refractivity contribution in [1.82, 2.24) is 19.9 Å². The minimum atomic E-state index is -0.151. The van der Waals surface area contributed by atoms with Crippen LogP contribution in [0.25, 0.3) is 22.6 Å². The van der Waals surface area contributed by atoms with Crippen LogP contribution >= 0.6 is 0 Å². The third-order valence-corrected chi connectivity index (χ3v) is 5.30. The van der Waals surface area contributed by atoms with Crippen molar-refractivity contribution in [3.8, 4) is 22.6 Å². The van der Waals surface area contributed by atoms with Crippen LogP contribution in [0, 0.1) is 0 Å². The monoisotopic (exact) mass is 374 g/mol. The van der Waals surface area contributed by atoms with E-state index in [2.05, 4.69) is 32.0 Å². The van der Waals surface area contributed by atoms with E-state index in [9.17, 15) is 4.79 Å². The third kappa shape index (κ3) is 4.73. The van der Waals surface area contributed by atoms with Crippen LogP contribution in [0.1, 0.15) is 37.7 Å². The van der Waals surface area contributed by atoms with Gasteiger partial charge in [-0.25, -0.2) is 4.98 Å². The largest absolute Gasteiger partial charge is 0.306 e. The van der Waals surface area contributed by atoms with Crippen LogP contribution in [0.5, 0.6) is 0 Å². The lowest BCUT2D eigenvalue weighted by Gasteiger charge is -2.24. The second-order valence-electron chi connectivity index (χ2n) is 7.46. The number of hydrogen-bond donors (Lipinski definition) is 1. The summed E-state index contributed by atoms with van der Waals surface area (Å²) < 4.78 is 0. The third-order valence-electron chi connectivity index (χ3n) is 5.30. The zero-order valence-electron chi connectivity index (χ0n) is 16.1. The van der Waals surface area contributed by atoms with E-state index < -0.39 is 0 Å². The minimum Gasteiger partial charge on any atom is -0.306 e. The minimum absolute atomic E-state index is 0.151. The van der Waals surface area contributed by atoms with Crippen molar-refractivity contribution in [2.24, 2.45) is 0 Å². The molecular weight excluding hydrogens is 348 g/mol. The topological polar surface area (TPSA) is 61.9 Å². The summed E-state index contributed by atoms with van der Waals surface area (Å²) in [5.41, 5.74) is 3.62. The van der Waals surface area contributed by atoms with E-state index in [0.717, 1.165) is 17.7 Å². The van der Waals surface area contributed by atoms with Gasteiger partial charge >= 0.3 is 0 Å². The number of nitrogens with zero attached hydrogens (tertiary/aromatic N) is 3. The molecule has 144 valence electrons. The van der Waals surface area contributed by atoms with Crippen molar-refractivity contribution >= 4 is 0 Å². The summed E-state index contributed by atoms with van der Waals surface area (Å²) in [7, 11) is 0. The van der Waals surface area contributed by atoms with Gasteiger partial charge < -0.3 is 4.98 Å². The van der Waals surface area contributed by atoms with Gasteiger partial charge in [0.1, 0.15) is 5.82 Å². The van der Waals surface area contributed by atoms with Crippen molar-refractivity contribution in [3.63, 3.8) is 0 Å². The number of nitrogens with one attached hydrogen (secondary N) is 1. The Bertz CT molecular complexity index is 942. The van der Waals surface area contributed by atoms with E-state index in [4.69, 9.17) is 0 Å². The highest BCUT2D eigenvalue weighted by Gasteiger charge is 2.10. The van der Waals surface area contributed by atoms with E-state index in [1.807, 2.05) is 24.3 Å². The molecule has 1 aliphatic heterocycles. The fourth-order valence-corrected chi connectivity index (χ4v) is 3.76. The lowest BCUT2D eigenvalue weighted by atomic mass is 10.1. The van der Waals surface area contributed by atoms with Crippen molar-refractivity contribution in [2.45, 2.75) is 38.6 Å². The molecule has 28 heavy (non-hydrogen) atoms. The summed E-state index contributed by atoms with van der Waals surface area (Å²) in [6.45, 7) is 3.36. The summed E-state index contributed by atoms with van der Waals surface area (Å²) >= 11 is 0. The molecule has 0 bridgehead atoms. The molecule has 0 spiro atoms. The summed E-state index contributed by atoms with van der Waals surface area (Å²) in [4.78, 5) is 26.2. The summed E-state index contributed by atoms with van der Waals surface area (Å²) in [5, 5.41) is 0. The first-order valence-electron chi connectivity index (χ1n) is 10.1. The average molecular weight is 374 g/mol. The molecule has 0 aliphatic carbocycles. The molecule has 3 aromatic rings. The number of aromatic amines is 1. The van der Waals surface area contributed by atoms with Gasteiger partial charge in [-0.3, -0.25) is 14.7 Å². The molecule has 1 fully saturated rings. The smallest absolute Gasteiger partial charge is 0.251 e. The van der Waals surface area contributed by atoms with E-state index in [0.29, 0.717) is 11.5 Å². The molecule has 5 nitrogen and oxygen atoms in total. The molecule has 0 atom stereocenters. The highest BCUT2D eigenvalue weighted by Crippen LogP contribution is 2.20. The molecule has 0 saturated carbocycles. The second kappa shape index (κ2) is 8.93. The molecule has 4 rings (SSSR count). The molecule has 0 amide bonds. The maximum atomic E-state index is 12.1. The quantitative estimate of drug-likeness (QED) is 0.741. The molecule has 5 heteroatoms. The van der Waals surface area contributed by atoms with Crippen LogP contribution in [0.15, 0.2) is 59.7 Å². The molecule has 1 N–H and O–H groups in total. The van der Waals surface area contributed by atoms with Crippen LogP contribution < -0.4 is 5.56 Å². The Morgan fingerprint density at radius 3 is 2.25 bits per heavy atom. The molecule has 0 radical (unpaired) electrons. The predicted octanol–water partition coefficient (Wildman–Crippen LogP) is 4.27. The number of aromatic nitrogens is 3. The Kier molecular flexibility index (Phi) is 5.92. The standard InChI is InChI=1S/C23H26N4O/c28-22-16-21(19-10-12-24-13-11-19)25-23(26-22)20-8-6-18(7-9-20)17-27-14-4-2-1-3-5-15-27/h6-13,16H,1-5,14-15,17H2,(H,25,26,28). The SMILES string of the molecule is O=c1cc(-c2ccncc2)nc(-c2ccc(CN3CCCCCCC3)cc2)[nH]1. The van der Waals surface area contributed by atoms with E-state index >= 15 is 0 Å². The van der Waals surface area contributed by atoms with Gasteiger partial charge in [0.15, 0.2) is 0 Å². The lowest BCUT2D eigenvalue weighted by Crippen LogP contribution is -2.26. The lowest BCUT2D eigenvalue weighted by molar-refractivity contribution is 0.240. The molecule has 1 saturated heterocycles. The van der Waals surface area contributed by atoms with Gasteiger partial charge in [-0.2, -0.15) is 0 Å². The Balaban J connectivity index is 1.52. The summed E-state index contributed by atoms with van der Waals surface area (Å²) in [5.74, 6) is 0.595. The first kappa shape index (κ1) is 18.6. The predicted molar refractivity (Wildman–Crippen MR) is 112 cm³/mol. The molecular formula is C23H26N4O. The second-order valence-corrected chi connectivity index (χ2v) is 7.46. The van der Waals surface area contributed by atoms with Crippen LogP contribution in [-0.4, -0.2) is 32.9 Å². The molecule has 3 heterocycles. The van der Waals surface area contributed by atoms with Gasteiger partial charge in [0.05, 0.1) is 5.69 Å². The Hall–Kier alpha value is -2.79. The van der Waals surface area contributed by atoms with Crippen LogP contribution in [-0.2, 0) is 6.54 Å². The van der Waals surface area contributed by atoms with Gasteiger partial charge in [0.2, 0.25) is 0 Å². The van der Waals surface area contributed by atoms with Crippen molar-refractivity contribution < 1.29 is 0 Å². The highest BCUT2D eigenvalue weighted by atomic mass is 16.1. The Morgan fingerprint density at radius 1 is 0.857 bits per heavy atom. The van der Waals surface area contributed by atoms with Crippen molar-refractivity contribution in [2.75, 3.05) is 13.1 Å². The van der Waals surface area contributed by atoms with Gasteiger partial charge in [-0.05, 0) is 43.6 Å². The fourth-order valence-electron chi connectivity index (χ4n) is 3.76. The van der Waals surface area contributed by atoms with Crippen molar-refractivity contribution in [3.05, 3.63) is 70.8 Å². The number of H-pyrrole nitrogens is 1. The summed E-state index contributed by atoms with van der Waals surface area (Å²) in [6.07, 6.45) is 10.1. The number of benzene rings is 1. The number of rotatable bonds is 4. The van der Waals surface area contributed by atoms with Crippen LogP contribution in [0.2, 0.25) is 0 Å². The van der Waals surface area contributed by atoms with E-state index in [1.165, 1.54) is 56.8 Å². The number of pyridine rings is 1. The first-order chi connectivity index (χ1) is 13.8. The molecule has 1 aromatic carbocycles. The van der Waals surface area contributed by atoms with Gasteiger partial charge in [0, 0.05) is 36.1 Å². The van der Waals surface area contributed by atoms with Crippen molar-refractivity contribution in [1.29, 1.82) is 0 Å². The Labute approximate surface area is 165 Å². The zero-order valence-corrected chi connectivity index (χ0v) is 16.1. The van der Waals surface area contributed by atoms with E-state index in [1.54, 1.807) is 12.4 Å². The number of likely N-dealkylation sites (tertiary alicyclic amines) is 1. The highest BCUT2D eigenvalue weighted by molar-refractivity contribution is 5.63. The first-order valence-corrected chi connectivity index (χ1v) is 10.1. The maximum absolute atomic E-state index is 12.1. The summed E-state index contributed by atoms with van der Waals surface area (Å²) in [6, 6.07) is 13.6. The normalized spacial score (nSPS) is 15.7. The molecule has 2 aromatic heterocycles. The fraction of sp³-hybridized carbons (Fsp3) is 0.348. The Morgan fingerprint density at radius 2 is 1.54 bits per heavy atom. The maximum Gasteiger partial charge on any atom is 0.251 e. The van der Waals surface area contributed by atoms with Crippen LogP contribution in [0.4, 0.5) is 0 Å². The van der Waals surface area contributed by atoms with Gasteiger partial charge in [-0.1, -0.05) is 43.5 Å². The molecule has 0 unspecified atom stereocenters. The molecule has 1 aliphatic rings.